The van der Waals surface area contributed by atoms with E-state index in [0.717, 1.165) is 33.7 Å². The third-order valence-electron chi connectivity index (χ3n) is 5.11. The fourth-order valence-electron chi connectivity index (χ4n) is 3.58. The molecule has 0 saturated carbocycles. The van der Waals surface area contributed by atoms with Crippen LogP contribution in [0.25, 0.3) is 0 Å². The normalized spacial score (nSPS) is 13.9. The molecule has 0 radical (unpaired) electrons. The number of fused-ring (bicyclic) bond motifs is 1. The first-order valence-corrected chi connectivity index (χ1v) is 9.77. The zero-order valence-corrected chi connectivity index (χ0v) is 16.9. The number of aryl methyl sites for hydroxylation is 1. The molecule has 7 heteroatoms. The molecule has 1 aliphatic heterocycles. The van der Waals surface area contributed by atoms with Gasteiger partial charge in [0.15, 0.2) is 0 Å². The van der Waals surface area contributed by atoms with E-state index in [2.05, 4.69) is 15.1 Å². The fourth-order valence-corrected chi connectivity index (χ4v) is 3.77. The van der Waals surface area contributed by atoms with Crippen molar-refractivity contribution in [1.29, 1.82) is 0 Å². The number of aliphatic imine (C=N–C) groups is 1. The van der Waals surface area contributed by atoms with Crippen molar-refractivity contribution < 1.29 is 9.18 Å². The summed E-state index contributed by atoms with van der Waals surface area (Å²) in [4.78, 5) is 21.6. The average molecular weight is 411 g/mol. The van der Waals surface area contributed by atoms with Gasteiger partial charge in [-0.3, -0.25) is 19.5 Å². The number of rotatable bonds is 6. The molecule has 0 amide bonds. The maximum Gasteiger partial charge on any atom is 0.141 e. The Morgan fingerprint density at radius 3 is 2.86 bits per heavy atom. The van der Waals surface area contributed by atoms with Gasteiger partial charge >= 0.3 is 0 Å². The lowest BCUT2D eigenvalue weighted by Gasteiger charge is -2.12. The summed E-state index contributed by atoms with van der Waals surface area (Å²) in [6.07, 6.45) is 6.11. The number of ketones is 1. The van der Waals surface area contributed by atoms with Crippen LogP contribution in [0.3, 0.4) is 0 Å². The van der Waals surface area contributed by atoms with E-state index >= 15 is 0 Å². The molecule has 1 atom stereocenters. The van der Waals surface area contributed by atoms with Gasteiger partial charge < -0.3 is 0 Å². The number of Topliss-reactive ketones (excluding diaryl/α,β-unsaturated/α-hetero) is 1. The van der Waals surface area contributed by atoms with Gasteiger partial charge in [-0.2, -0.15) is 5.10 Å². The molecular weight excluding hydrogens is 391 g/mol. The number of pyridine rings is 1. The Labute approximate surface area is 173 Å². The summed E-state index contributed by atoms with van der Waals surface area (Å²) in [5.41, 5.74) is 5.49. The summed E-state index contributed by atoms with van der Waals surface area (Å²) >= 11 is 5.85. The average Bonchev–Trinajstić information content (AvgIpc) is 3.29. The minimum atomic E-state index is -0.454. The van der Waals surface area contributed by atoms with Crippen molar-refractivity contribution in [2.45, 2.75) is 32.2 Å². The molecule has 0 unspecified atom stereocenters. The van der Waals surface area contributed by atoms with Crippen molar-refractivity contribution in [2.24, 2.45) is 12.0 Å². The van der Waals surface area contributed by atoms with E-state index in [-0.39, 0.29) is 23.1 Å². The molecule has 148 valence electrons. The van der Waals surface area contributed by atoms with Crippen molar-refractivity contribution >= 4 is 23.1 Å². The molecule has 4 rings (SSSR count). The molecule has 1 aliphatic rings. The summed E-state index contributed by atoms with van der Waals surface area (Å²) in [7, 11) is 1.87. The maximum absolute atomic E-state index is 13.3. The molecule has 29 heavy (non-hydrogen) atoms. The number of carbonyl (C=O) groups is 1. The highest BCUT2D eigenvalue weighted by atomic mass is 35.5. The lowest BCUT2D eigenvalue weighted by Crippen LogP contribution is -2.10. The first kappa shape index (κ1) is 19.5. The number of halogens is 2. The SMILES string of the molecule is C[C@@H](CC(=O)Cc1cc2c(cn1)C(c1cnn(C)c1)=NC2)c1ccc(F)c(Cl)c1. The smallest absolute Gasteiger partial charge is 0.141 e. The van der Waals surface area contributed by atoms with Gasteiger partial charge in [0.05, 0.1) is 23.5 Å². The van der Waals surface area contributed by atoms with Crippen molar-refractivity contribution in [3.05, 3.63) is 81.6 Å². The standard InChI is InChI=1S/C22H20ClFN4O/c1-13(14-3-4-21(24)20(23)7-14)5-18(29)8-17-6-15-9-26-22(19(15)11-25-17)16-10-27-28(2)12-16/h3-4,6-7,10-13H,5,8-9H2,1-2H3/t13-/m0/s1. The van der Waals surface area contributed by atoms with E-state index < -0.39 is 5.82 Å². The van der Waals surface area contributed by atoms with Crippen molar-refractivity contribution in [2.75, 3.05) is 0 Å². The summed E-state index contributed by atoms with van der Waals surface area (Å²) in [5, 5.41) is 4.27. The number of benzene rings is 1. The molecule has 0 spiro atoms. The molecular formula is C22H20ClFN4O. The third kappa shape index (κ3) is 4.12. The summed E-state index contributed by atoms with van der Waals surface area (Å²) in [6, 6.07) is 6.55. The van der Waals surface area contributed by atoms with Crippen LogP contribution in [0.2, 0.25) is 5.02 Å². The second-order valence-electron chi connectivity index (χ2n) is 7.39. The van der Waals surface area contributed by atoms with Crippen LogP contribution >= 0.6 is 11.6 Å². The Morgan fingerprint density at radius 2 is 2.14 bits per heavy atom. The number of aromatic nitrogens is 3. The van der Waals surface area contributed by atoms with Gasteiger partial charge in [0.2, 0.25) is 0 Å². The highest BCUT2D eigenvalue weighted by Crippen LogP contribution is 2.26. The van der Waals surface area contributed by atoms with Crippen molar-refractivity contribution in [3.8, 4) is 0 Å². The molecule has 1 aromatic carbocycles. The number of hydrogen-bond donors (Lipinski definition) is 0. The third-order valence-corrected chi connectivity index (χ3v) is 5.40. The Hall–Kier alpha value is -2.86. The molecule has 2 aromatic heterocycles. The fraction of sp³-hybridized carbons (Fsp3) is 0.273. The summed E-state index contributed by atoms with van der Waals surface area (Å²) in [5.74, 6) is -0.420. The highest BCUT2D eigenvalue weighted by molar-refractivity contribution is 6.30. The Bertz CT molecular complexity index is 1120. The second kappa shape index (κ2) is 7.87. The van der Waals surface area contributed by atoms with Gasteiger partial charge in [-0.25, -0.2) is 4.39 Å². The molecule has 0 N–H and O–H groups in total. The molecule has 0 aliphatic carbocycles. The quantitative estimate of drug-likeness (QED) is 0.610. The second-order valence-corrected chi connectivity index (χ2v) is 7.80. The van der Waals surface area contributed by atoms with E-state index in [1.165, 1.54) is 6.07 Å². The van der Waals surface area contributed by atoms with Crippen LogP contribution in [-0.4, -0.2) is 26.3 Å². The number of hydrogen-bond acceptors (Lipinski definition) is 4. The Kier molecular flexibility index (Phi) is 5.28. The summed E-state index contributed by atoms with van der Waals surface area (Å²) in [6.45, 7) is 2.51. The van der Waals surface area contributed by atoms with Gasteiger partial charge in [-0.05, 0) is 35.2 Å². The topological polar surface area (TPSA) is 60.1 Å². The van der Waals surface area contributed by atoms with Crippen LogP contribution in [0.4, 0.5) is 4.39 Å². The van der Waals surface area contributed by atoms with Crippen molar-refractivity contribution in [3.63, 3.8) is 0 Å². The molecule has 0 saturated heterocycles. The van der Waals surface area contributed by atoms with Crippen LogP contribution < -0.4 is 0 Å². The molecule has 3 aromatic rings. The van der Waals surface area contributed by atoms with Gasteiger partial charge in [-0.1, -0.05) is 24.6 Å². The van der Waals surface area contributed by atoms with Gasteiger partial charge in [0.1, 0.15) is 11.6 Å². The lowest BCUT2D eigenvalue weighted by atomic mass is 9.94. The van der Waals surface area contributed by atoms with Gasteiger partial charge in [-0.15, -0.1) is 0 Å². The van der Waals surface area contributed by atoms with Crippen LogP contribution in [0.15, 0.2) is 47.8 Å². The Balaban J connectivity index is 1.43. The lowest BCUT2D eigenvalue weighted by molar-refractivity contribution is -0.118. The largest absolute Gasteiger partial charge is 0.299 e. The first-order chi connectivity index (χ1) is 13.9. The summed E-state index contributed by atoms with van der Waals surface area (Å²) < 4.78 is 15.1. The molecule has 0 bridgehead atoms. The van der Waals surface area contributed by atoms with Crippen molar-refractivity contribution in [1.82, 2.24) is 14.8 Å². The van der Waals surface area contributed by atoms with Crippen LogP contribution in [0, 0.1) is 5.82 Å². The minimum absolute atomic E-state index is 0.0458. The minimum Gasteiger partial charge on any atom is -0.299 e. The molecule has 3 heterocycles. The van der Waals surface area contributed by atoms with Crippen LogP contribution in [0.5, 0.6) is 0 Å². The van der Waals surface area contributed by atoms with E-state index in [1.54, 1.807) is 29.2 Å². The number of nitrogens with zero attached hydrogens (tertiary/aromatic N) is 4. The van der Waals surface area contributed by atoms with E-state index in [4.69, 9.17) is 11.6 Å². The monoisotopic (exact) mass is 410 g/mol. The van der Waals surface area contributed by atoms with Crippen LogP contribution in [0.1, 0.15) is 47.2 Å². The molecule has 5 nitrogen and oxygen atoms in total. The maximum atomic E-state index is 13.3. The zero-order valence-electron chi connectivity index (χ0n) is 16.2. The van der Waals surface area contributed by atoms with Gasteiger partial charge in [0.25, 0.3) is 0 Å². The van der Waals surface area contributed by atoms with Crippen LogP contribution in [-0.2, 0) is 24.8 Å². The molecule has 0 fully saturated rings. The Morgan fingerprint density at radius 1 is 1.31 bits per heavy atom. The highest BCUT2D eigenvalue weighted by Gasteiger charge is 2.21. The predicted octanol–water partition coefficient (Wildman–Crippen LogP) is 4.26. The predicted molar refractivity (Wildman–Crippen MR) is 110 cm³/mol. The van der Waals surface area contributed by atoms with E-state index in [0.29, 0.717) is 13.0 Å². The first-order valence-electron chi connectivity index (χ1n) is 9.39. The zero-order chi connectivity index (χ0) is 20.5. The van der Waals surface area contributed by atoms with Gasteiger partial charge in [0, 0.05) is 49.1 Å². The van der Waals surface area contributed by atoms with E-state index in [9.17, 15) is 9.18 Å². The number of carbonyl (C=O) groups excluding carboxylic acids is 1. The van der Waals surface area contributed by atoms with E-state index in [1.807, 2.05) is 26.2 Å².